The summed E-state index contributed by atoms with van der Waals surface area (Å²) in [6.07, 6.45) is 2.58. The van der Waals surface area contributed by atoms with Gasteiger partial charge in [0.15, 0.2) is 5.82 Å². The molecule has 1 unspecified atom stereocenters. The van der Waals surface area contributed by atoms with Crippen LogP contribution in [0.3, 0.4) is 0 Å². The lowest BCUT2D eigenvalue weighted by molar-refractivity contribution is 0.101. The van der Waals surface area contributed by atoms with Gasteiger partial charge >= 0.3 is 0 Å². The standard InChI is InChI=1S/C19H14ClF2N5O2/c1-29-10-5-6-13-14(7-10)27-19(20,26-13)15-8-24-16(9-23-15)25-18(28)17-11(21)3-2-4-12(17)22/h2-9,26-27H,1H3,(H,24,25,28). The van der Waals surface area contributed by atoms with Gasteiger partial charge in [0.2, 0.25) is 5.12 Å². The summed E-state index contributed by atoms with van der Waals surface area (Å²) in [4.78, 5) is 20.4. The van der Waals surface area contributed by atoms with Crippen LogP contribution in [-0.2, 0) is 5.12 Å². The molecule has 3 N–H and O–H groups in total. The topological polar surface area (TPSA) is 88.2 Å². The Morgan fingerprint density at radius 1 is 1.10 bits per heavy atom. The highest BCUT2D eigenvalue weighted by Crippen LogP contribution is 2.42. The zero-order valence-corrected chi connectivity index (χ0v) is 15.7. The quantitative estimate of drug-likeness (QED) is 0.441. The molecule has 0 saturated carbocycles. The summed E-state index contributed by atoms with van der Waals surface area (Å²) in [6.45, 7) is 0. The first-order valence-corrected chi connectivity index (χ1v) is 8.78. The van der Waals surface area contributed by atoms with Crippen LogP contribution in [0, 0.1) is 11.6 Å². The molecule has 148 valence electrons. The zero-order chi connectivity index (χ0) is 20.6. The Balaban J connectivity index is 1.52. The second-order valence-electron chi connectivity index (χ2n) is 6.16. The van der Waals surface area contributed by atoms with Crippen molar-refractivity contribution >= 4 is 34.7 Å². The van der Waals surface area contributed by atoms with Crippen LogP contribution < -0.4 is 20.7 Å². The fourth-order valence-corrected chi connectivity index (χ4v) is 3.16. The van der Waals surface area contributed by atoms with Crippen molar-refractivity contribution in [3.8, 4) is 5.75 Å². The molecule has 3 aromatic rings. The molecule has 0 spiro atoms. The van der Waals surface area contributed by atoms with E-state index >= 15 is 0 Å². The van der Waals surface area contributed by atoms with Crippen molar-refractivity contribution in [2.45, 2.75) is 5.12 Å². The van der Waals surface area contributed by atoms with Crippen LogP contribution in [0.25, 0.3) is 0 Å². The van der Waals surface area contributed by atoms with Crippen LogP contribution in [0.1, 0.15) is 16.1 Å². The summed E-state index contributed by atoms with van der Waals surface area (Å²) < 4.78 is 32.6. The van der Waals surface area contributed by atoms with Gasteiger partial charge in [-0.1, -0.05) is 17.7 Å². The Morgan fingerprint density at radius 3 is 2.48 bits per heavy atom. The number of ether oxygens (including phenoxy) is 1. The summed E-state index contributed by atoms with van der Waals surface area (Å²) in [5, 5.41) is 7.22. The summed E-state index contributed by atoms with van der Waals surface area (Å²) >= 11 is 6.60. The van der Waals surface area contributed by atoms with Gasteiger partial charge in [0.1, 0.15) is 28.6 Å². The van der Waals surface area contributed by atoms with Gasteiger partial charge in [-0.15, -0.1) is 0 Å². The molecule has 0 fully saturated rings. The second-order valence-corrected chi connectivity index (χ2v) is 6.72. The Labute approximate surface area is 169 Å². The Bertz CT molecular complexity index is 1080. The number of carbonyl (C=O) groups is 1. The van der Waals surface area contributed by atoms with Gasteiger partial charge in [0.05, 0.1) is 30.9 Å². The number of hydrogen-bond donors (Lipinski definition) is 3. The first-order chi connectivity index (χ1) is 13.9. The molecule has 10 heteroatoms. The number of carbonyl (C=O) groups excluding carboxylic acids is 1. The number of nitrogens with zero attached hydrogens (tertiary/aromatic N) is 2. The van der Waals surface area contributed by atoms with Gasteiger partial charge in [-0.2, -0.15) is 0 Å². The van der Waals surface area contributed by atoms with E-state index in [1.54, 1.807) is 25.3 Å². The molecular weight excluding hydrogens is 404 g/mol. The largest absolute Gasteiger partial charge is 0.497 e. The van der Waals surface area contributed by atoms with E-state index in [1.165, 1.54) is 18.5 Å². The van der Waals surface area contributed by atoms with E-state index in [2.05, 4.69) is 25.9 Å². The molecule has 1 atom stereocenters. The van der Waals surface area contributed by atoms with Crippen molar-refractivity contribution in [3.63, 3.8) is 0 Å². The summed E-state index contributed by atoms with van der Waals surface area (Å²) in [7, 11) is 1.56. The normalized spacial score (nSPS) is 17.1. The Morgan fingerprint density at radius 2 is 1.83 bits per heavy atom. The van der Waals surface area contributed by atoms with Gasteiger partial charge in [-0.25, -0.2) is 18.7 Å². The number of alkyl halides is 1. The first kappa shape index (κ1) is 18.9. The van der Waals surface area contributed by atoms with E-state index in [4.69, 9.17) is 16.3 Å². The predicted molar refractivity (Wildman–Crippen MR) is 104 cm³/mol. The third-order valence-electron chi connectivity index (χ3n) is 4.28. The molecule has 0 saturated heterocycles. The summed E-state index contributed by atoms with van der Waals surface area (Å²) in [6, 6.07) is 8.52. The lowest BCUT2D eigenvalue weighted by Gasteiger charge is -2.22. The molecule has 1 aliphatic rings. The lowest BCUT2D eigenvalue weighted by Crippen LogP contribution is -2.33. The second kappa shape index (κ2) is 7.17. The molecule has 4 rings (SSSR count). The number of anilines is 3. The number of nitrogens with one attached hydrogen (secondary N) is 3. The molecule has 2 heterocycles. The van der Waals surface area contributed by atoms with Gasteiger partial charge < -0.3 is 20.7 Å². The highest BCUT2D eigenvalue weighted by molar-refractivity contribution is 6.27. The van der Waals surface area contributed by atoms with Gasteiger partial charge in [-0.05, 0) is 24.3 Å². The van der Waals surface area contributed by atoms with E-state index in [0.29, 0.717) is 17.1 Å². The maximum atomic E-state index is 13.7. The van der Waals surface area contributed by atoms with Crippen LogP contribution >= 0.6 is 11.6 Å². The van der Waals surface area contributed by atoms with Crippen molar-refractivity contribution in [2.24, 2.45) is 0 Å². The van der Waals surface area contributed by atoms with Crippen molar-refractivity contribution in [3.05, 3.63) is 71.7 Å². The smallest absolute Gasteiger partial charge is 0.262 e. The van der Waals surface area contributed by atoms with E-state index in [9.17, 15) is 13.6 Å². The third kappa shape index (κ3) is 3.52. The van der Waals surface area contributed by atoms with Gasteiger partial charge in [0.25, 0.3) is 5.91 Å². The molecule has 0 bridgehead atoms. The fourth-order valence-electron chi connectivity index (χ4n) is 2.86. The lowest BCUT2D eigenvalue weighted by atomic mass is 10.2. The summed E-state index contributed by atoms with van der Waals surface area (Å²) in [5.74, 6) is -2.25. The minimum atomic E-state index is -1.26. The number of amides is 1. The summed E-state index contributed by atoms with van der Waals surface area (Å²) in [5.41, 5.74) is 1.09. The van der Waals surface area contributed by atoms with Crippen LogP contribution in [0.4, 0.5) is 26.0 Å². The minimum absolute atomic E-state index is 0.0128. The van der Waals surface area contributed by atoms with Crippen LogP contribution in [0.15, 0.2) is 48.8 Å². The number of aromatic nitrogens is 2. The van der Waals surface area contributed by atoms with Crippen LogP contribution in [0.2, 0.25) is 0 Å². The van der Waals surface area contributed by atoms with Crippen LogP contribution in [-0.4, -0.2) is 23.0 Å². The molecule has 29 heavy (non-hydrogen) atoms. The highest BCUT2D eigenvalue weighted by Gasteiger charge is 2.38. The number of fused-ring (bicyclic) bond motifs is 1. The average molecular weight is 418 g/mol. The number of methoxy groups -OCH3 is 1. The third-order valence-corrected chi connectivity index (χ3v) is 4.66. The minimum Gasteiger partial charge on any atom is -0.497 e. The van der Waals surface area contributed by atoms with E-state index < -0.39 is 28.2 Å². The average Bonchev–Trinajstić information content (AvgIpc) is 3.04. The predicted octanol–water partition coefficient (Wildman–Crippen LogP) is 3.90. The first-order valence-electron chi connectivity index (χ1n) is 8.41. The van der Waals surface area contributed by atoms with Crippen molar-refractivity contribution in [1.82, 2.24) is 9.97 Å². The molecule has 0 aliphatic carbocycles. The highest BCUT2D eigenvalue weighted by atomic mass is 35.5. The Kier molecular flexibility index (Phi) is 4.67. The number of halogens is 3. The maximum absolute atomic E-state index is 13.7. The van der Waals surface area contributed by atoms with Crippen molar-refractivity contribution in [1.29, 1.82) is 0 Å². The Hall–Kier alpha value is -3.46. The van der Waals surface area contributed by atoms with E-state index in [0.717, 1.165) is 17.8 Å². The molecule has 1 aromatic heterocycles. The van der Waals surface area contributed by atoms with Gasteiger partial charge in [-0.3, -0.25) is 4.79 Å². The SMILES string of the molecule is COc1ccc2c(c1)NC(Cl)(c1cnc(NC(=O)c3c(F)cccc3F)cn1)N2. The molecule has 2 aromatic carbocycles. The fraction of sp³-hybridized carbons (Fsp3) is 0.105. The molecule has 0 radical (unpaired) electrons. The van der Waals surface area contributed by atoms with Crippen LogP contribution in [0.5, 0.6) is 5.75 Å². The molecule has 7 nitrogen and oxygen atoms in total. The number of hydrogen-bond acceptors (Lipinski definition) is 6. The monoisotopic (exact) mass is 417 g/mol. The van der Waals surface area contributed by atoms with Gasteiger partial charge in [0, 0.05) is 6.07 Å². The van der Waals surface area contributed by atoms with E-state index in [-0.39, 0.29) is 5.82 Å². The zero-order valence-electron chi connectivity index (χ0n) is 15.0. The number of rotatable bonds is 4. The van der Waals surface area contributed by atoms with Crippen molar-refractivity contribution in [2.75, 3.05) is 23.1 Å². The molecule has 1 aliphatic heterocycles. The molecular formula is C19H14ClF2N5O2. The van der Waals surface area contributed by atoms with E-state index in [1.807, 2.05) is 0 Å². The van der Waals surface area contributed by atoms with Crippen molar-refractivity contribution < 1.29 is 18.3 Å². The number of benzene rings is 2. The molecule has 1 amide bonds. The maximum Gasteiger partial charge on any atom is 0.262 e.